The van der Waals surface area contributed by atoms with Crippen LogP contribution in [0.4, 0.5) is 0 Å². The van der Waals surface area contributed by atoms with Crippen LogP contribution in [0.15, 0.2) is 29.2 Å². The Hall–Kier alpha value is -1.55. The maximum absolute atomic E-state index is 12.8. The first-order valence-corrected chi connectivity index (χ1v) is 21.3. The minimum absolute atomic E-state index is 0.0539. The van der Waals surface area contributed by atoms with Crippen molar-refractivity contribution in [3.05, 3.63) is 29.8 Å². The van der Waals surface area contributed by atoms with Crippen LogP contribution >= 0.6 is 0 Å². The van der Waals surface area contributed by atoms with Crippen LogP contribution < -0.4 is 0 Å². The van der Waals surface area contributed by atoms with Crippen molar-refractivity contribution in [1.82, 2.24) is 4.90 Å². The molecule has 334 valence electrons. The Labute approximate surface area is 337 Å². The van der Waals surface area contributed by atoms with Crippen LogP contribution in [0.25, 0.3) is 0 Å². The first-order valence-electron chi connectivity index (χ1n) is 19.6. The fourth-order valence-corrected chi connectivity index (χ4v) is 8.96. The molecule has 4 heterocycles. The minimum atomic E-state index is -3.48. The van der Waals surface area contributed by atoms with Gasteiger partial charge in [-0.2, -0.15) is 0 Å². The van der Waals surface area contributed by atoms with E-state index in [9.17, 15) is 59.5 Å². The van der Waals surface area contributed by atoms with E-state index in [0.717, 1.165) is 5.56 Å². The van der Waals surface area contributed by atoms with E-state index >= 15 is 0 Å². The number of unbranched alkanes of at least 4 members (excludes halogenated alkanes) is 1. The quantitative estimate of drug-likeness (QED) is 0.0664. The Morgan fingerprint density at radius 1 is 0.690 bits per heavy atom. The van der Waals surface area contributed by atoms with Crippen LogP contribution in [0.1, 0.15) is 32.3 Å². The van der Waals surface area contributed by atoms with Gasteiger partial charge in [0.1, 0.15) is 73.2 Å². The molecule has 4 aliphatic rings. The third-order valence-corrected chi connectivity index (χ3v) is 12.8. The lowest BCUT2D eigenvalue weighted by Gasteiger charge is -2.48. The lowest BCUT2D eigenvalue weighted by Crippen LogP contribution is -2.65. The molecule has 1 aromatic carbocycles. The van der Waals surface area contributed by atoms with Crippen LogP contribution in [0.5, 0.6) is 0 Å². The van der Waals surface area contributed by atoms with E-state index < -0.39 is 134 Å². The van der Waals surface area contributed by atoms with Gasteiger partial charge in [-0.25, -0.2) is 8.42 Å². The second kappa shape index (κ2) is 21.0. The Morgan fingerprint density at radius 2 is 1.31 bits per heavy atom. The van der Waals surface area contributed by atoms with Crippen LogP contribution in [-0.4, -0.2) is 221 Å². The van der Waals surface area contributed by atoms with E-state index in [1.165, 1.54) is 0 Å². The summed E-state index contributed by atoms with van der Waals surface area (Å²) in [4.78, 5) is 2.16. The van der Waals surface area contributed by atoms with Gasteiger partial charge in [-0.3, -0.25) is 4.90 Å². The molecule has 0 saturated carbocycles. The standard InChI is InChI=1S/C37H61NO19S/c1-18(2)33-31(47)34(57-37-30(46)29(45)26(42)22(15-40)55-37)28(44)24(53-33)17-51-36-32(48)35(27(43)23(16-41)54-36)56-25-13-38(12-20(14-39)52-25)10-4-5-11-58(49,50)21-8-6-19(3)7-9-21/h6-9,18,20,22-37,39-48H,4-5,10-17H2,1-3H3. The average Bonchev–Trinajstić information content (AvgIpc) is 3.19. The predicted molar refractivity (Wildman–Crippen MR) is 197 cm³/mol. The van der Waals surface area contributed by atoms with Gasteiger partial charge < -0.3 is 84.2 Å². The van der Waals surface area contributed by atoms with Crippen molar-refractivity contribution >= 4 is 9.84 Å². The van der Waals surface area contributed by atoms with Gasteiger partial charge in [-0.15, -0.1) is 0 Å². The fourth-order valence-electron chi connectivity index (χ4n) is 7.59. The summed E-state index contributed by atoms with van der Waals surface area (Å²) in [5.41, 5.74) is 0.950. The number of sulfone groups is 1. The Kier molecular flexibility index (Phi) is 17.2. The van der Waals surface area contributed by atoms with Gasteiger partial charge in [0, 0.05) is 13.1 Å². The molecule has 4 saturated heterocycles. The molecule has 0 bridgehead atoms. The number of aryl methyl sites for hydroxylation is 1. The molecule has 0 aromatic heterocycles. The normalized spacial score (nSPS) is 40.6. The number of hydrogen-bond acceptors (Lipinski definition) is 20. The molecule has 5 rings (SSSR count). The molecule has 0 aliphatic carbocycles. The lowest BCUT2D eigenvalue weighted by molar-refractivity contribution is -0.354. The first kappa shape index (κ1) is 47.5. The summed E-state index contributed by atoms with van der Waals surface area (Å²) in [5, 5.41) is 106. The van der Waals surface area contributed by atoms with Gasteiger partial charge >= 0.3 is 0 Å². The molecule has 1 aromatic rings. The topological polar surface area (TPSA) is 304 Å². The summed E-state index contributed by atoms with van der Waals surface area (Å²) >= 11 is 0. The van der Waals surface area contributed by atoms with E-state index in [-0.39, 0.29) is 29.7 Å². The van der Waals surface area contributed by atoms with Gasteiger partial charge in [0.15, 0.2) is 28.7 Å². The number of rotatable bonds is 17. The predicted octanol–water partition coefficient (Wildman–Crippen LogP) is -4.26. The maximum atomic E-state index is 12.8. The van der Waals surface area contributed by atoms with Crippen molar-refractivity contribution in [3.63, 3.8) is 0 Å². The van der Waals surface area contributed by atoms with Crippen molar-refractivity contribution in [3.8, 4) is 0 Å². The SMILES string of the molecule is Cc1ccc(S(=O)(=O)CCCCN2CC(CO)OC(OC3C(O)C(CO)OC(OCC4OC(C(C)C)C(O)C(OC5OC(CO)C(O)C(O)C5O)C4O)C3O)C2)cc1. The summed E-state index contributed by atoms with van der Waals surface area (Å²) in [6.45, 7) is 3.87. The van der Waals surface area contributed by atoms with Crippen LogP contribution in [0.2, 0.25) is 0 Å². The number of hydrogen-bond donors (Lipinski definition) is 10. The van der Waals surface area contributed by atoms with Crippen molar-refractivity contribution < 1.29 is 92.6 Å². The zero-order valence-corrected chi connectivity index (χ0v) is 33.6. The highest BCUT2D eigenvalue weighted by molar-refractivity contribution is 7.91. The van der Waals surface area contributed by atoms with Crippen LogP contribution in [-0.2, 0) is 43.0 Å². The molecule has 17 unspecified atom stereocenters. The largest absolute Gasteiger partial charge is 0.394 e. The first-order chi connectivity index (χ1) is 27.5. The monoisotopic (exact) mass is 855 g/mol. The molecule has 4 fully saturated rings. The summed E-state index contributed by atoms with van der Waals surface area (Å²) in [6.07, 6.45) is -23.8. The summed E-state index contributed by atoms with van der Waals surface area (Å²) < 4.78 is 66.3. The van der Waals surface area contributed by atoms with Gasteiger partial charge in [0.25, 0.3) is 0 Å². The second-order valence-electron chi connectivity index (χ2n) is 15.8. The number of nitrogens with zero attached hydrogens (tertiary/aromatic N) is 1. The molecule has 0 radical (unpaired) electrons. The van der Waals surface area contributed by atoms with Crippen LogP contribution in [0.3, 0.4) is 0 Å². The van der Waals surface area contributed by atoms with Gasteiger partial charge in [-0.1, -0.05) is 31.5 Å². The average molecular weight is 856 g/mol. The maximum Gasteiger partial charge on any atom is 0.187 e. The molecule has 21 heteroatoms. The van der Waals surface area contributed by atoms with Crippen molar-refractivity contribution in [1.29, 1.82) is 0 Å². The summed E-state index contributed by atoms with van der Waals surface area (Å²) in [6, 6.07) is 6.65. The number of morpholine rings is 1. The Bertz CT molecular complexity index is 1510. The van der Waals surface area contributed by atoms with Crippen molar-refractivity contribution in [2.75, 3.05) is 51.8 Å². The van der Waals surface area contributed by atoms with Gasteiger partial charge in [0.2, 0.25) is 0 Å². The molecular formula is C37H61NO19S. The summed E-state index contributed by atoms with van der Waals surface area (Å²) in [5.74, 6) is -0.416. The van der Waals surface area contributed by atoms with E-state index in [2.05, 4.69) is 0 Å². The summed E-state index contributed by atoms with van der Waals surface area (Å²) in [7, 11) is -3.48. The van der Waals surface area contributed by atoms with Gasteiger partial charge in [0.05, 0.1) is 49.3 Å². The molecule has 4 aliphatic heterocycles. The molecule has 0 spiro atoms. The Balaban J connectivity index is 1.20. The number of aliphatic hydroxyl groups is 10. The third kappa shape index (κ3) is 11.3. The van der Waals surface area contributed by atoms with Crippen LogP contribution in [0, 0.1) is 12.8 Å². The zero-order valence-electron chi connectivity index (χ0n) is 32.8. The van der Waals surface area contributed by atoms with E-state index in [1.807, 2.05) is 11.8 Å². The number of ether oxygens (including phenoxy) is 7. The molecule has 20 nitrogen and oxygen atoms in total. The molecule has 58 heavy (non-hydrogen) atoms. The highest BCUT2D eigenvalue weighted by Gasteiger charge is 2.52. The second-order valence-corrected chi connectivity index (χ2v) is 17.9. The van der Waals surface area contributed by atoms with E-state index in [1.54, 1.807) is 38.1 Å². The number of aliphatic hydroxyl groups excluding tert-OH is 10. The highest BCUT2D eigenvalue weighted by Crippen LogP contribution is 2.33. The lowest BCUT2D eigenvalue weighted by atomic mass is 9.89. The third-order valence-electron chi connectivity index (χ3n) is 11.0. The molecular weight excluding hydrogens is 794 g/mol. The molecule has 0 amide bonds. The van der Waals surface area contributed by atoms with E-state index in [4.69, 9.17) is 33.2 Å². The highest BCUT2D eigenvalue weighted by atomic mass is 32.2. The smallest absolute Gasteiger partial charge is 0.187 e. The minimum Gasteiger partial charge on any atom is -0.394 e. The molecule has 10 N–H and O–H groups in total. The Morgan fingerprint density at radius 3 is 1.95 bits per heavy atom. The zero-order chi connectivity index (χ0) is 42.5. The fraction of sp³-hybridized carbons (Fsp3) is 0.838. The van der Waals surface area contributed by atoms with Crippen molar-refractivity contribution in [2.24, 2.45) is 5.92 Å². The molecule has 17 atom stereocenters. The van der Waals surface area contributed by atoms with Crippen molar-refractivity contribution in [2.45, 2.75) is 143 Å². The van der Waals surface area contributed by atoms with E-state index in [0.29, 0.717) is 25.9 Å². The number of benzene rings is 1. The van der Waals surface area contributed by atoms with Gasteiger partial charge in [-0.05, 0) is 44.4 Å².